The monoisotopic (exact) mass is 329 g/mol. The number of carbonyl (C=O) groups is 1. The van der Waals surface area contributed by atoms with Gasteiger partial charge in [0.1, 0.15) is 5.75 Å². The van der Waals surface area contributed by atoms with Gasteiger partial charge in [-0.15, -0.1) is 0 Å². The number of halogens is 3. The summed E-state index contributed by atoms with van der Waals surface area (Å²) in [6, 6.07) is 4.47. The van der Waals surface area contributed by atoms with Crippen LogP contribution in [0.4, 0.5) is 13.2 Å². The van der Waals surface area contributed by atoms with Crippen LogP contribution in [0.2, 0.25) is 0 Å². The van der Waals surface area contributed by atoms with Crippen LogP contribution in [0.15, 0.2) is 24.3 Å². The Morgan fingerprint density at radius 1 is 1.22 bits per heavy atom. The lowest BCUT2D eigenvalue weighted by Gasteiger charge is -2.34. The Kier molecular flexibility index (Phi) is 5.55. The first-order chi connectivity index (χ1) is 10.8. The smallest absolute Gasteiger partial charge is 0.416 e. The minimum absolute atomic E-state index is 0.141. The van der Waals surface area contributed by atoms with E-state index in [4.69, 9.17) is 4.74 Å². The van der Waals surface area contributed by atoms with E-state index >= 15 is 0 Å². The van der Waals surface area contributed by atoms with E-state index in [2.05, 4.69) is 19.2 Å². The number of benzene rings is 1. The molecule has 0 spiro atoms. The molecule has 0 unspecified atom stereocenters. The number of nitrogens with one attached hydrogen (secondary N) is 1. The van der Waals surface area contributed by atoms with Crippen LogP contribution >= 0.6 is 0 Å². The summed E-state index contributed by atoms with van der Waals surface area (Å²) < 4.78 is 42.6. The third kappa shape index (κ3) is 4.88. The molecule has 2 rings (SSSR count). The Labute approximate surface area is 134 Å². The second kappa shape index (κ2) is 7.23. The SMILES string of the molecule is C[C@@H]1[C@H](C)CCC[C@@H]1NC(=O)COc1ccc(C(F)(F)F)cc1. The van der Waals surface area contributed by atoms with Crippen molar-refractivity contribution in [2.45, 2.75) is 45.3 Å². The molecule has 1 N–H and O–H groups in total. The van der Waals surface area contributed by atoms with Crippen LogP contribution in [0.25, 0.3) is 0 Å². The molecule has 1 aliphatic rings. The molecule has 0 saturated heterocycles. The molecular formula is C17H22F3NO2. The van der Waals surface area contributed by atoms with E-state index in [1.54, 1.807) is 0 Å². The summed E-state index contributed by atoms with van der Waals surface area (Å²) in [6.45, 7) is 4.12. The first-order valence-electron chi connectivity index (χ1n) is 7.87. The number of alkyl halides is 3. The fourth-order valence-electron chi connectivity index (χ4n) is 2.92. The minimum atomic E-state index is -4.37. The van der Waals surface area contributed by atoms with Crippen LogP contribution in [-0.2, 0) is 11.0 Å². The predicted octanol–water partition coefficient (Wildman–Crippen LogP) is 4.03. The number of ether oxygens (including phenoxy) is 1. The van der Waals surface area contributed by atoms with Crippen LogP contribution in [0.5, 0.6) is 5.75 Å². The summed E-state index contributed by atoms with van der Waals surface area (Å²) in [5.41, 5.74) is -0.737. The Balaban J connectivity index is 1.82. The molecular weight excluding hydrogens is 307 g/mol. The van der Waals surface area contributed by atoms with E-state index in [1.807, 2.05) is 0 Å². The predicted molar refractivity (Wildman–Crippen MR) is 81.0 cm³/mol. The number of carbonyl (C=O) groups excluding carboxylic acids is 1. The zero-order chi connectivity index (χ0) is 17.0. The van der Waals surface area contributed by atoms with Crippen LogP contribution in [0.3, 0.4) is 0 Å². The van der Waals surface area contributed by atoms with Gasteiger partial charge in [0.25, 0.3) is 5.91 Å². The molecule has 128 valence electrons. The highest BCUT2D eigenvalue weighted by Gasteiger charge is 2.30. The van der Waals surface area contributed by atoms with Gasteiger partial charge in [0.15, 0.2) is 6.61 Å². The molecule has 3 nitrogen and oxygen atoms in total. The summed E-state index contributed by atoms with van der Waals surface area (Å²) in [5, 5.41) is 2.96. The van der Waals surface area contributed by atoms with Gasteiger partial charge in [-0.05, 0) is 42.5 Å². The zero-order valence-electron chi connectivity index (χ0n) is 13.3. The average Bonchev–Trinajstić information content (AvgIpc) is 2.49. The molecule has 1 aromatic carbocycles. The summed E-state index contributed by atoms with van der Waals surface area (Å²) in [7, 11) is 0. The third-order valence-electron chi connectivity index (χ3n) is 4.60. The van der Waals surface area contributed by atoms with Gasteiger partial charge in [-0.3, -0.25) is 4.79 Å². The van der Waals surface area contributed by atoms with Crippen molar-refractivity contribution in [2.75, 3.05) is 6.61 Å². The molecule has 1 saturated carbocycles. The lowest BCUT2D eigenvalue weighted by atomic mass is 9.78. The molecule has 0 bridgehead atoms. The Hall–Kier alpha value is -1.72. The Morgan fingerprint density at radius 2 is 1.87 bits per heavy atom. The topological polar surface area (TPSA) is 38.3 Å². The second-order valence-corrected chi connectivity index (χ2v) is 6.25. The normalized spacial score (nSPS) is 25.0. The van der Waals surface area contributed by atoms with Crippen molar-refractivity contribution in [1.82, 2.24) is 5.32 Å². The summed E-state index contributed by atoms with van der Waals surface area (Å²) >= 11 is 0. The second-order valence-electron chi connectivity index (χ2n) is 6.25. The molecule has 23 heavy (non-hydrogen) atoms. The standard InChI is InChI=1S/C17H22F3NO2/c1-11-4-3-5-15(12(11)2)21-16(22)10-23-14-8-6-13(7-9-14)17(18,19)20/h6-9,11-12,15H,3-5,10H2,1-2H3,(H,21,22)/t11-,12-,15+/m1/s1. The maximum Gasteiger partial charge on any atom is 0.416 e. The first-order valence-corrected chi connectivity index (χ1v) is 7.87. The Morgan fingerprint density at radius 3 is 2.48 bits per heavy atom. The highest BCUT2D eigenvalue weighted by Crippen LogP contribution is 2.31. The summed E-state index contributed by atoms with van der Waals surface area (Å²) in [4.78, 5) is 11.9. The number of rotatable bonds is 4. The average molecular weight is 329 g/mol. The van der Waals surface area contributed by atoms with Crippen molar-refractivity contribution in [3.63, 3.8) is 0 Å². The zero-order valence-corrected chi connectivity index (χ0v) is 13.3. The maximum atomic E-state index is 12.5. The minimum Gasteiger partial charge on any atom is -0.484 e. The number of hydrogen-bond donors (Lipinski definition) is 1. The van der Waals surface area contributed by atoms with E-state index in [0.717, 1.165) is 25.0 Å². The Bertz CT molecular complexity index is 528. The molecule has 1 fully saturated rings. The highest BCUT2D eigenvalue weighted by molar-refractivity contribution is 5.77. The lowest BCUT2D eigenvalue weighted by Crippen LogP contribution is -2.45. The molecule has 1 amide bonds. The lowest BCUT2D eigenvalue weighted by molar-refractivity contribution is -0.137. The fourth-order valence-corrected chi connectivity index (χ4v) is 2.92. The maximum absolute atomic E-state index is 12.5. The molecule has 0 radical (unpaired) electrons. The molecule has 3 atom stereocenters. The van der Waals surface area contributed by atoms with Gasteiger partial charge in [-0.1, -0.05) is 26.7 Å². The van der Waals surface area contributed by atoms with Crippen molar-refractivity contribution in [3.05, 3.63) is 29.8 Å². The van der Waals surface area contributed by atoms with Gasteiger partial charge < -0.3 is 10.1 Å². The van der Waals surface area contributed by atoms with Gasteiger partial charge >= 0.3 is 6.18 Å². The highest BCUT2D eigenvalue weighted by atomic mass is 19.4. The molecule has 0 aromatic heterocycles. The van der Waals surface area contributed by atoms with Crippen molar-refractivity contribution >= 4 is 5.91 Å². The van der Waals surface area contributed by atoms with Crippen molar-refractivity contribution in [2.24, 2.45) is 11.8 Å². The van der Waals surface area contributed by atoms with Crippen LogP contribution in [0, 0.1) is 11.8 Å². The van der Waals surface area contributed by atoms with E-state index < -0.39 is 11.7 Å². The van der Waals surface area contributed by atoms with E-state index in [9.17, 15) is 18.0 Å². The van der Waals surface area contributed by atoms with Gasteiger partial charge in [0, 0.05) is 6.04 Å². The molecule has 0 heterocycles. The fraction of sp³-hybridized carbons (Fsp3) is 0.588. The van der Waals surface area contributed by atoms with E-state index in [0.29, 0.717) is 11.8 Å². The summed E-state index contributed by atoms with van der Waals surface area (Å²) in [5.74, 6) is 0.998. The number of amides is 1. The van der Waals surface area contributed by atoms with Crippen molar-refractivity contribution in [3.8, 4) is 5.75 Å². The van der Waals surface area contributed by atoms with Gasteiger partial charge in [-0.2, -0.15) is 13.2 Å². The van der Waals surface area contributed by atoms with Crippen molar-refractivity contribution < 1.29 is 22.7 Å². The first kappa shape index (κ1) is 17.6. The molecule has 1 aromatic rings. The van der Waals surface area contributed by atoms with Gasteiger partial charge in [0.05, 0.1) is 5.56 Å². The van der Waals surface area contributed by atoms with Crippen molar-refractivity contribution in [1.29, 1.82) is 0 Å². The third-order valence-corrected chi connectivity index (χ3v) is 4.60. The molecule has 0 aliphatic heterocycles. The largest absolute Gasteiger partial charge is 0.484 e. The number of hydrogen-bond acceptors (Lipinski definition) is 2. The molecule has 6 heteroatoms. The van der Waals surface area contributed by atoms with Gasteiger partial charge in [0.2, 0.25) is 0 Å². The molecule has 1 aliphatic carbocycles. The van der Waals surface area contributed by atoms with Crippen LogP contribution < -0.4 is 10.1 Å². The quantitative estimate of drug-likeness (QED) is 0.906. The van der Waals surface area contributed by atoms with Crippen LogP contribution in [0.1, 0.15) is 38.7 Å². The summed E-state index contributed by atoms with van der Waals surface area (Å²) in [6.07, 6.45) is -1.15. The van der Waals surface area contributed by atoms with Gasteiger partial charge in [-0.25, -0.2) is 0 Å². The van der Waals surface area contributed by atoms with E-state index in [-0.39, 0.29) is 24.3 Å². The van der Waals surface area contributed by atoms with E-state index in [1.165, 1.54) is 18.6 Å². The van der Waals surface area contributed by atoms with Crippen LogP contribution in [-0.4, -0.2) is 18.6 Å².